The van der Waals surface area contributed by atoms with E-state index in [1.165, 1.54) is 0 Å². The predicted molar refractivity (Wildman–Crippen MR) is 82.7 cm³/mol. The monoisotopic (exact) mass is 334 g/mol. The largest absolute Gasteiger partial charge is 0.298 e. The molecule has 4 heteroatoms. The summed E-state index contributed by atoms with van der Waals surface area (Å²) in [7, 11) is 0. The average Bonchev–Trinajstić information content (AvgIpc) is 2.77. The van der Waals surface area contributed by atoms with Crippen LogP contribution in [0.3, 0.4) is 0 Å². The van der Waals surface area contributed by atoms with Crippen LogP contribution in [0.4, 0.5) is 0 Å². The van der Waals surface area contributed by atoms with E-state index in [4.69, 9.17) is 11.6 Å². The Labute approximate surface area is 125 Å². The van der Waals surface area contributed by atoms with Gasteiger partial charge in [-0.25, -0.2) is 4.98 Å². The van der Waals surface area contributed by atoms with Crippen LogP contribution in [0.2, 0.25) is 5.02 Å². The van der Waals surface area contributed by atoms with Gasteiger partial charge in [0.05, 0.1) is 11.4 Å². The molecule has 0 aliphatic carbocycles. The molecule has 0 fully saturated rings. The van der Waals surface area contributed by atoms with E-state index in [9.17, 15) is 0 Å². The van der Waals surface area contributed by atoms with Gasteiger partial charge in [0.2, 0.25) is 0 Å². The maximum atomic E-state index is 5.96. The van der Waals surface area contributed by atoms with Gasteiger partial charge in [0.1, 0.15) is 5.65 Å². The first kappa shape index (κ1) is 12.7. The fraction of sp³-hybridized carbons (Fsp3) is 0.133. The standard InChI is InChI=1S/C15H12BrClN2/c1-2-13-15(10-3-6-12(17)7-4-10)19-9-11(16)5-8-14(19)18-13/h3-9H,2H2,1H3. The van der Waals surface area contributed by atoms with Crippen molar-refractivity contribution in [1.29, 1.82) is 0 Å². The summed E-state index contributed by atoms with van der Waals surface area (Å²) in [5, 5.41) is 0.747. The van der Waals surface area contributed by atoms with E-state index in [-0.39, 0.29) is 0 Å². The van der Waals surface area contributed by atoms with E-state index < -0.39 is 0 Å². The highest BCUT2D eigenvalue weighted by Gasteiger charge is 2.12. The Morgan fingerprint density at radius 2 is 1.89 bits per heavy atom. The first-order valence-corrected chi connectivity index (χ1v) is 7.28. The number of fused-ring (bicyclic) bond motifs is 1. The zero-order valence-corrected chi connectivity index (χ0v) is 12.7. The van der Waals surface area contributed by atoms with Crippen molar-refractivity contribution in [3.8, 4) is 11.3 Å². The predicted octanol–water partition coefficient (Wildman–Crippen LogP) is 4.98. The second kappa shape index (κ2) is 4.99. The Hall–Kier alpha value is -1.32. The molecule has 2 aromatic heterocycles. The van der Waals surface area contributed by atoms with Gasteiger partial charge in [0.25, 0.3) is 0 Å². The number of aromatic nitrogens is 2. The molecule has 96 valence electrons. The van der Waals surface area contributed by atoms with Gasteiger partial charge < -0.3 is 0 Å². The summed E-state index contributed by atoms with van der Waals surface area (Å²) in [6.45, 7) is 2.12. The molecule has 0 aliphatic rings. The Kier molecular flexibility index (Phi) is 3.33. The van der Waals surface area contributed by atoms with Crippen LogP contribution in [-0.2, 0) is 6.42 Å². The number of rotatable bonds is 2. The van der Waals surface area contributed by atoms with Crippen LogP contribution in [0, 0.1) is 0 Å². The molecule has 3 rings (SSSR count). The lowest BCUT2D eigenvalue weighted by molar-refractivity contribution is 1.07. The maximum Gasteiger partial charge on any atom is 0.137 e. The first-order valence-electron chi connectivity index (χ1n) is 6.11. The molecule has 0 unspecified atom stereocenters. The summed E-state index contributed by atoms with van der Waals surface area (Å²) in [6.07, 6.45) is 2.95. The van der Waals surface area contributed by atoms with Gasteiger partial charge in [-0.1, -0.05) is 30.7 Å². The highest BCUT2D eigenvalue weighted by atomic mass is 79.9. The minimum Gasteiger partial charge on any atom is -0.298 e. The minimum absolute atomic E-state index is 0.747. The first-order chi connectivity index (χ1) is 9.19. The Bertz CT molecular complexity index is 732. The molecule has 3 aromatic rings. The topological polar surface area (TPSA) is 17.3 Å². The van der Waals surface area contributed by atoms with E-state index in [2.05, 4.69) is 32.2 Å². The lowest BCUT2D eigenvalue weighted by Gasteiger charge is -2.05. The van der Waals surface area contributed by atoms with Crippen molar-refractivity contribution in [3.63, 3.8) is 0 Å². The van der Waals surface area contributed by atoms with Crippen LogP contribution in [0.15, 0.2) is 47.1 Å². The van der Waals surface area contributed by atoms with Gasteiger partial charge in [-0.2, -0.15) is 0 Å². The molecule has 0 amide bonds. The highest BCUT2D eigenvalue weighted by Crippen LogP contribution is 2.28. The van der Waals surface area contributed by atoms with E-state index >= 15 is 0 Å². The van der Waals surface area contributed by atoms with E-state index in [0.717, 1.165) is 38.5 Å². The lowest BCUT2D eigenvalue weighted by Crippen LogP contribution is -1.90. The third kappa shape index (κ3) is 2.28. The highest BCUT2D eigenvalue weighted by molar-refractivity contribution is 9.10. The second-order valence-electron chi connectivity index (χ2n) is 4.34. The summed E-state index contributed by atoms with van der Waals surface area (Å²) >= 11 is 9.47. The van der Waals surface area contributed by atoms with Gasteiger partial charge in [0, 0.05) is 21.3 Å². The summed E-state index contributed by atoms with van der Waals surface area (Å²) in [5.41, 5.74) is 4.33. The fourth-order valence-electron chi connectivity index (χ4n) is 2.23. The fourth-order valence-corrected chi connectivity index (χ4v) is 2.69. The molecule has 0 saturated carbocycles. The van der Waals surface area contributed by atoms with Crippen LogP contribution in [0.5, 0.6) is 0 Å². The van der Waals surface area contributed by atoms with Gasteiger partial charge in [-0.3, -0.25) is 4.40 Å². The third-order valence-electron chi connectivity index (χ3n) is 3.11. The van der Waals surface area contributed by atoms with Crippen LogP contribution in [0.25, 0.3) is 16.9 Å². The summed E-state index contributed by atoms with van der Waals surface area (Å²) in [4.78, 5) is 4.68. The number of imidazole rings is 1. The third-order valence-corrected chi connectivity index (χ3v) is 3.83. The maximum absolute atomic E-state index is 5.96. The molecular formula is C15H12BrClN2. The molecule has 2 heterocycles. The number of hydrogen-bond acceptors (Lipinski definition) is 1. The van der Waals surface area contributed by atoms with E-state index in [1.807, 2.05) is 42.6 Å². The van der Waals surface area contributed by atoms with Crippen molar-refractivity contribution in [3.05, 3.63) is 57.8 Å². The summed E-state index contributed by atoms with van der Waals surface area (Å²) < 4.78 is 3.15. The van der Waals surface area contributed by atoms with Crippen molar-refractivity contribution in [2.45, 2.75) is 13.3 Å². The molecule has 0 aliphatic heterocycles. The normalized spacial score (nSPS) is 11.1. The number of nitrogens with zero attached hydrogens (tertiary/aromatic N) is 2. The molecule has 0 saturated heterocycles. The Balaban J connectivity index is 2.31. The quantitative estimate of drug-likeness (QED) is 0.645. The summed E-state index contributed by atoms with van der Waals surface area (Å²) in [5.74, 6) is 0. The van der Waals surface area contributed by atoms with Gasteiger partial charge in [-0.05, 0) is 46.6 Å². The molecule has 1 aromatic carbocycles. The summed E-state index contributed by atoms with van der Waals surface area (Å²) in [6, 6.07) is 11.9. The van der Waals surface area contributed by atoms with Gasteiger partial charge in [-0.15, -0.1) is 0 Å². The minimum atomic E-state index is 0.747. The second-order valence-corrected chi connectivity index (χ2v) is 5.70. The van der Waals surface area contributed by atoms with Crippen molar-refractivity contribution in [2.75, 3.05) is 0 Å². The Morgan fingerprint density at radius 1 is 1.16 bits per heavy atom. The number of halogens is 2. The molecule has 0 radical (unpaired) electrons. The number of aryl methyl sites for hydroxylation is 1. The van der Waals surface area contributed by atoms with E-state index in [1.54, 1.807) is 0 Å². The number of benzene rings is 1. The zero-order valence-electron chi connectivity index (χ0n) is 10.4. The molecule has 0 N–H and O–H groups in total. The van der Waals surface area contributed by atoms with Gasteiger partial charge in [0.15, 0.2) is 0 Å². The van der Waals surface area contributed by atoms with E-state index in [0.29, 0.717) is 0 Å². The van der Waals surface area contributed by atoms with Crippen LogP contribution >= 0.6 is 27.5 Å². The molecule has 2 nitrogen and oxygen atoms in total. The smallest absolute Gasteiger partial charge is 0.137 e. The van der Waals surface area contributed by atoms with Crippen LogP contribution < -0.4 is 0 Å². The Morgan fingerprint density at radius 3 is 2.58 bits per heavy atom. The van der Waals surface area contributed by atoms with Crippen molar-refractivity contribution in [2.24, 2.45) is 0 Å². The molecule has 0 spiro atoms. The number of pyridine rings is 1. The molecule has 19 heavy (non-hydrogen) atoms. The molecule has 0 bridgehead atoms. The van der Waals surface area contributed by atoms with Crippen LogP contribution in [0.1, 0.15) is 12.6 Å². The zero-order chi connectivity index (χ0) is 13.4. The lowest BCUT2D eigenvalue weighted by atomic mass is 10.1. The SMILES string of the molecule is CCc1nc2ccc(Br)cn2c1-c1ccc(Cl)cc1. The van der Waals surface area contributed by atoms with Crippen molar-refractivity contribution >= 4 is 33.2 Å². The molecular weight excluding hydrogens is 324 g/mol. The molecule has 0 atom stereocenters. The average molecular weight is 336 g/mol. The van der Waals surface area contributed by atoms with Crippen molar-refractivity contribution < 1.29 is 0 Å². The van der Waals surface area contributed by atoms with Crippen molar-refractivity contribution in [1.82, 2.24) is 9.38 Å². The number of hydrogen-bond donors (Lipinski definition) is 0. The van der Waals surface area contributed by atoms with Gasteiger partial charge >= 0.3 is 0 Å². The van der Waals surface area contributed by atoms with Crippen LogP contribution in [-0.4, -0.2) is 9.38 Å².